The Morgan fingerprint density at radius 3 is 2.53 bits per heavy atom. The molecule has 3 aliphatic carbocycles. The first kappa shape index (κ1) is 21.7. The Kier molecular flexibility index (Phi) is 5.07. The number of carbonyl (C=O) groups excluding carboxylic acids is 2. The maximum Gasteiger partial charge on any atom is 0.243 e. The fourth-order valence-corrected chi connectivity index (χ4v) is 8.09. The van der Waals surface area contributed by atoms with Crippen molar-refractivity contribution < 1.29 is 9.59 Å². The van der Waals surface area contributed by atoms with E-state index in [1.807, 2.05) is 18.2 Å². The summed E-state index contributed by atoms with van der Waals surface area (Å²) in [5.74, 6) is 2.22. The highest BCUT2D eigenvalue weighted by Crippen LogP contribution is 2.65. The summed E-state index contributed by atoms with van der Waals surface area (Å²) in [7, 11) is 0. The zero-order valence-electron chi connectivity index (χ0n) is 20.0. The Morgan fingerprint density at radius 1 is 1.03 bits per heavy atom. The van der Waals surface area contributed by atoms with Crippen LogP contribution in [-0.4, -0.2) is 17.9 Å². The van der Waals surface area contributed by atoms with E-state index in [4.69, 9.17) is 0 Å². The second kappa shape index (κ2) is 7.46. The number of amides is 2. The molecule has 4 nitrogen and oxygen atoms in total. The monoisotopic (exact) mass is 434 g/mol. The number of carbonyl (C=O) groups is 2. The van der Waals surface area contributed by atoms with Crippen LogP contribution in [0.25, 0.3) is 0 Å². The lowest BCUT2D eigenvalue weighted by molar-refractivity contribution is -0.135. The summed E-state index contributed by atoms with van der Waals surface area (Å²) in [6, 6.07) is 10.6. The Bertz CT molecular complexity index is 938. The molecule has 7 atom stereocenters. The lowest BCUT2D eigenvalue weighted by Crippen LogP contribution is -2.59. The maximum absolute atomic E-state index is 13.6. The molecule has 0 spiro atoms. The van der Waals surface area contributed by atoms with Gasteiger partial charge in [0.2, 0.25) is 11.8 Å². The van der Waals surface area contributed by atoms with Crippen LogP contribution in [0.5, 0.6) is 0 Å². The highest BCUT2D eigenvalue weighted by molar-refractivity contribution is 5.89. The minimum Gasteiger partial charge on any atom is -0.349 e. The van der Waals surface area contributed by atoms with E-state index < -0.39 is 0 Å². The lowest BCUT2D eigenvalue weighted by Gasteiger charge is -2.58. The number of benzene rings is 1. The van der Waals surface area contributed by atoms with Gasteiger partial charge < -0.3 is 10.6 Å². The number of hydrogen-bond donors (Lipinski definition) is 2. The summed E-state index contributed by atoms with van der Waals surface area (Å²) in [6.07, 6.45) is 10.6. The smallest absolute Gasteiger partial charge is 0.243 e. The molecule has 32 heavy (non-hydrogen) atoms. The molecule has 5 rings (SSSR count). The normalized spacial score (nSPS) is 40.6. The quantitative estimate of drug-likeness (QED) is 0.707. The highest BCUT2D eigenvalue weighted by atomic mass is 16.2. The van der Waals surface area contributed by atoms with E-state index in [1.54, 1.807) is 6.08 Å². The van der Waals surface area contributed by atoms with Gasteiger partial charge in [-0.25, -0.2) is 0 Å². The summed E-state index contributed by atoms with van der Waals surface area (Å²) in [4.78, 5) is 25.6. The van der Waals surface area contributed by atoms with Crippen molar-refractivity contribution in [3.8, 4) is 0 Å². The van der Waals surface area contributed by atoms with Crippen LogP contribution < -0.4 is 10.6 Å². The van der Waals surface area contributed by atoms with Gasteiger partial charge in [-0.15, -0.1) is 0 Å². The minimum atomic E-state index is -0.374. The van der Waals surface area contributed by atoms with Gasteiger partial charge >= 0.3 is 0 Å². The van der Waals surface area contributed by atoms with E-state index in [1.165, 1.54) is 6.42 Å². The molecule has 3 fully saturated rings. The van der Waals surface area contributed by atoms with Crippen molar-refractivity contribution in [3.05, 3.63) is 48.0 Å². The molecule has 0 bridgehead atoms. The maximum atomic E-state index is 13.6. The predicted molar refractivity (Wildman–Crippen MR) is 127 cm³/mol. The first-order chi connectivity index (χ1) is 15.1. The Balaban J connectivity index is 1.36. The van der Waals surface area contributed by atoms with Crippen LogP contribution in [-0.2, 0) is 15.1 Å². The number of hydrogen-bond acceptors (Lipinski definition) is 2. The molecule has 0 radical (unpaired) electrons. The molecule has 4 aliphatic rings. The van der Waals surface area contributed by atoms with E-state index in [0.29, 0.717) is 17.8 Å². The average Bonchev–Trinajstić information content (AvgIpc) is 3.12. The summed E-state index contributed by atoms with van der Waals surface area (Å²) in [5, 5.41) is 6.64. The van der Waals surface area contributed by atoms with E-state index in [0.717, 1.165) is 37.7 Å². The molecular weight excluding hydrogens is 396 g/mol. The summed E-state index contributed by atoms with van der Waals surface area (Å²) >= 11 is 0. The lowest BCUT2D eigenvalue weighted by atomic mass is 9.48. The molecule has 2 unspecified atom stereocenters. The molecule has 2 N–H and O–H groups in total. The van der Waals surface area contributed by atoms with Gasteiger partial charge in [0.1, 0.15) is 0 Å². The highest BCUT2D eigenvalue weighted by Gasteiger charge is 2.61. The second-order valence-corrected chi connectivity index (χ2v) is 11.9. The van der Waals surface area contributed by atoms with Crippen LogP contribution in [0, 0.1) is 34.5 Å². The summed E-state index contributed by atoms with van der Waals surface area (Å²) in [5.41, 5.74) is 0.895. The van der Waals surface area contributed by atoms with Gasteiger partial charge in [-0.05, 0) is 87.2 Å². The topological polar surface area (TPSA) is 58.2 Å². The molecule has 4 heteroatoms. The Morgan fingerprint density at radius 2 is 1.78 bits per heavy atom. The zero-order chi connectivity index (χ0) is 22.7. The van der Waals surface area contributed by atoms with Crippen molar-refractivity contribution in [2.75, 3.05) is 0 Å². The van der Waals surface area contributed by atoms with Crippen molar-refractivity contribution in [2.24, 2.45) is 34.5 Å². The third-order valence-electron chi connectivity index (χ3n) is 9.93. The van der Waals surface area contributed by atoms with Gasteiger partial charge in [-0.1, -0.05) is 50.3 Å². The molecule has 0 aromatic heterocycles. The molecule has 1 heterocycles. The van der Waals surface area contributed by atoms with Crippen molar-refractivity contribution in [3.63, 3.8) is 0 Å². The number of fused-ring (bicyclic) bond motifs is 5. The van der Waals surface area contributed by atoms with Crippen LogP contribution in [0.15, 0.2) is 42.5 Å². The molecule has 2 amide bonds. The van der Waals surface area contributed by atoms with Gasteiger partial charge in [-0.3, -0.25) is 9.59 Å². The number of nitrogens with one attached hydrogen (secondary N) is 2. The van der Waals surface area contributed by atoms with E-state index in [9.17, 15) is 9.59 Å². The average molecular weight is 435 g/mol. The summed E-state index contributed by atoms with van der Waals surface area (Å²) < 4.78 is 0. The Labute approximate surface area is 192 Å². The van der Waals surface area contributed by atoms with Crippen molar-refractivity contribution in [2.45, 2.75) is 77.8 Å². The largest absolute Gasteiger partial charge is 0.349 e. The second-order valence-electron chi connectivity index (χ2n) is 11.9. The van der Waals surface area contributed by atoms with Crippen molar-refractivity contribution in [1.29, 1.82) is 0 Å². The van der Waals surface area contributed by atoms with Crippen LogP contribution in [0.1, 0.15) is 71.8 Å². The van der Waals surface area contributed by atoms with Crippen LogP contribution in [0.3, 0.4) is 0 Å². The SMILES string of the molecule is CC(C)(NC(=O)C1CC[C@H]2[C@@H]3CCC4NC(=O)C=C[C@]4(C)[C@@H]3CC[C@]12C)c1ccccc1. The third kappa shape index (κ3) is 3.24. The van der Waals surface area contributed by atoms with Gasteiger partial charge in [0, 0.05) is 17.4 Å². The standard InChI is InChI=1S/C28H38N2O2/c1-26(2,18-8-6-5-7-9-18)30-25(32)22-12-11-20-19-10-13-23-28(4,17-15-24(31)29-23)21(19)14-16-27(20,22)3/h5-9,15,17,19-23H,10-14,16H2,1-4H3,(H,29,31)(H,30,32)/t19-,20-,21+,22?,23?,27-,28+/m0/s1. The van der Waals surface area contributed by atoms with Crippen molar-refractivity contribution >= 4 is 11.8 Å². The predicted octanol–water partition coefficient (Wildman–Crippen LogP) is 4.95. The zero-order valence-corrected chi connectivity index (χ0v) is 20.0. The molecule has 3 saturated carbocycles. The first-order valence-electron chi connectivity index (χ1n) is 12.5. The van der Waals surface area contributed by atoms with Crippen LogP contribution in [0.2, 0.25) is 0 Å². The molecular formula is C28H38N2O2. The molecule has 1 aromatic carbocycles. The van der Waals surface area contributed by atoms with Gasteiger partial charge in [-0.2, -0.15) is 0 Å². The third-order valence-corrected chi connectivity index (χ3v) is 9.93. The van der Waals surface area contributed by atoms with Gasteiger partial charge in [0.15, 0.2) is 0 Å². The molecule has 1 aliphatic heterocycles. The number of rotatable bonds is 3. The summed E-state index contributed by atoms with van der Waals surface area (Å²) in [6.45, 7) is 8.97. The van der Waals surface area contributed by atoms with Gasteiger partial charge in [0.25, 0.3) is 0 Å². The Hall–Kier alpha value is -2.10. The molecule has 0 saturated heterocycles. The molecule has 172 valence electrons. The fraction of sp³-hybridized carbons (Fsp3) is 0.643. The fourth-order valence-electron chi connectivity index (χ4n) is 8.09. The van der Waals surface area contributed by atoms with E-state index >= 15 is 0 Å². The van der Waals surface area contributed by atoms with E-state index in [2.05, 4.69) is 56.5 Å². The molecule has 1 aromatic rings. The van der Waals surface area contributed by atoms with E-state index in [-0.39, 0.29) is 40.1 Å². The minimum absolute atomic E-state index is 0.0494. The van der Waals surface area contributed by atoms with Gasteiger partial charge in [0.05, 0.1) is 5.54 Å². The first-order valence-corrected chi connectivity index (χ1v) is 12.5. The van der Waals surface area contributed by atoms with Crippen LogP contribution in [0.4, 0.5) is 0 Å². The van der Waals surface area contributed by atoms with Crippen molar-refractivity contribution in [1.82, 2.24) is 10.6 Å². The van der Waals surface area contributed by atoms with Crippen LogP contribution >= 0.6 is 0 Å².